The summed E-state index contributed by atoms with van der Waals surface area (Å²) in [6.07, 6.45) is 0.839. The van der Waals surface area contributed by atoms with Crippen molar-refractivity contribution < 1.29 is 19.3 Å². The molecule has 2 heterocycles. The lowest BCUT2D eigenvalue weighted by molar-refractivity contribution is 0.174. The van der Waals surface area contributed by atoms with Gasteiger partial charge in [0.25, 0.3) is 0 Å². The number of fused-ring (bicyclic) bond motifs is 1. The minimum Gasteiger partial charge on any atom is -0.507 e. The number of aryl methyl sites for hydroxylation is 1. The first-order valence-corrected chi connectivity index (χ1v) is 8.49. The molecule has 1 saturated heterocycles. The maximum absolute atomic E-state index is 10.5. The Hall–Kier alpha value is -2.44. The molecule has 4 rings (SSSR count). The van der Waals surface area contributed by atoms with E-state index in [0.717, 1.165) is 41.2 Å². The van der Waals surface area contributed by atoms with Crippen molar-refractivity contribution in [3.63, 3.8) is 0 Å². The van der Waals surface area contributed by atoms with Crippen LogP contribution in [0.1, 0.15) is 35.6 Å². The van der Waals surface area contributed by atoms with Crippen molar-refractivity contribution in [3.05, 3.63) is 47.0 Å². The molecule has 0 aromatic heterocycles. The number of phenolic OH excluding ortho intramolecular Hbond substituents is 1. The molecule has 2 aliphatic rings. The molecule has 25 heavy (non-hydrogen) atoms. The second kappa shape index (κ2) is 6.46. The number of benzene rings is 2. The molecule has 2 atom stereocenters. The lowest BCUT2D eigenvalue weighted by Gasteiger charge is -2.22. The molecule has 0 bridgehead atoms. The fraction of sp³-hybridized carbons (Fsp3) is 0.368. The Morgan fingerprint density at radius 1 is 1.20 bits per heavy atom. The van der Waals surface area contributed by atoms with Gasteiger partial charge in [-0.1, -0.05) is 13.0 Å². The van der Waals surface area contributed by atoms with E-state index in [1.54, 1.807) is 13.2 Å². The van der Waals surface area contributed by atoms with Gasteiger partial charge in [0.1, 0.15) is 11.5 Å². The Balaban J connectivity index is 1.70. The maximum Gasteiger partial charge on any atom is 0.231 e. The van der Waals surface area contributed by atoms with Crippen molar-refractivity contribution in [2.45, 2.75) is 25.3 Å². The van der Waals surface area contributed by atoms with E-state index in [2.05, 4.69) is 23.8 Å². The van der Waals surface area contributed by atoms with Crippen LogP contribution in [0.25, 0.3) is 0 Å². The lowest BCUT2D eigenvalue weighted by Crippen LogP contribution is -2.25. The van der Waals surface area contributed by atoms with Crippen LogP contribution < -0.4 is 25.1 Å². The third-order valence-corrected chi connectivity index (χ3v) is 4.95. The monoisotopic (exact) mass is 342 g/mol. The number of rotatable bonds is 4. The zero-order chi connectivity index (χ0) is 17.4. The number of hydrogen-bond donors (Lipinski definition) is 3. The summed E-state index contributed by atoms with van der Waals surface area (Å²) in [6.45, 7) is 3.11. The van der Waals surface area contributed by atoms with Crippen LogP contribution in [-0.2, 0) is 6.42 Å². The van der Waals surface area contributed by atoms with Crippen LogP contribution in [0.3, 0.4) is 0 Å². The van der Waals surface area contributed by atoms with Gasteiger partial charge in [0.15, 0.2) is 11.5 Å². The number of ether oxygens (including phenoxy) is 3. The van der Waals surface area contributed by atoms with Gasteiger partial charge in [-0.2, -0.15) is 0 Å². The summed E-state index contributed by atoms with van der Waals surface area (Å²) in [6, 6.07) is 9.70. The molecule has 0 aliphatic carbocycles. The van der Waals surface area contributed by atoms with Gasteiger partial charge >= 0.3 is 0 Å². The Labute approximate surface area is 146 Å². The average Bonchev–Trinajstić information content (AvgIpc) is 3.29. The van der Waals surface area contributed by atoms with Crippen molar-refractivity contribution in [2.75, 3.05) is 20.4 Å². The van der Waals surface area contributed by atoms with Gasteiger partial charge in [-0.25, -0.2) is 5.43 Å². The molecule has 132 valence electrons. The van der Waals surface area contributed by atoms with Gasteiger partial charge in [-0.15, -0.1) is 0 Å². The van der Waals surface area contributed by atoms with Crippen molar-refractivity contribution in [3.8, 4) is 23.0 Å². The van der Waals surface area contributed by atoms with E-state index in [1.165, 1.54) is 0 Å². The van der Waals surface area contributed by atoms with Crippen LogP contribution in [0.15, 0.2) is 30.3 Å². The fourth-order valence-corrected chi connectivity index (χ4v) is 3.59. The molecule has 0 saturated carbocycles. The average molecular weight is 342 g/mol. The number of hydrazine groups is 1. The standard InChI is InChI=1S/C19H22N2O4/c1-3-11-6-13(15(22)8-17(11)23-2)19-14(9-20-21-19)12-4-5-16-18(7-12)25-10-24-16/h4-8,14,19-22H,3,9-10H2,1-2H3. The highest BCUT2D eigenvalue weighted by Crippen LogP contribution is 2.42. The van der Waals surface area contributed by atoms with Crippen LogP contribution in [0, 0.1) is 0 Å². The molecule has 2 aromatic rings. The van der Waals surface area contributed by atoms with Crippen LogP contribution >= 0.6 is 0 Å². The molecular weight excluding hydrogens is 320 g/mol. The zero-order valence-corrected chi connectivity index (χ0v) is 14.3. The number of phenols is 1. The highest BCUT2D eigenvalue weighted by Gasteiger charge is 2.33. The Bertz CT molecular complexity index is 793. The van der Waals surface area contributed by atoms with Gasteiger partial charge in [-0.3, -0.25) is 5.43 Å². The Kier molecular flexibility index (Phi) is 4.15. The molecule has 0 amide bonds. The van der Waals surface area contributed by atoms with E-state index >= 15 is 0 Å². The second-order valence-corrected chi connectivity index (χ2v) is 6.30. The Morgan fingerprint density at radius 2 is 2.04 bits per heavy atom. The van der Waals surface area contributed by atoms with Crippen molar-refractivity contribution in [1.29, 1.82) is 0 Å². The van der Waals surface area contributed by atoms with Gasteiger partial charge in [0.2, 0.25) is 6.79 Å². The summed E-state index contributed by atoms with van der Waals surface area (Å²) >= 11 is 0. The largest absolute Gasteiger partial charge is 0.507 e. The van der Waals surface area contributed by atoms with E-state index in [4.69, 9.17) is 14.2 Å². The summed E-state index contributed by atoms with van der Waals surface area (Å²) in [5.41, 5.74) is 9.59. The molecule has 0 spiro atoms. The predicted molar refractivity (Wildman–Crippen MR) is 93.2 cm³/mol. The minimum absolute atomic E-state index is 0.0448. The summed E-state index contributed by atoms with van der Waals surface area (Å²) < 4.78 is 16.3. The van der Waals surface area contributed by atoms with Crippen LogP contribution in [0.2, 0.25) is 0 Å². The first-order chi connectivity index (χ1) is 12.2. The van der Waals surface area contributed by atoms with Crippen molar-refractivity contribution in [2.24, 2.45) is 0 Å². The van der Waals surface area contributed by atoms with E-state index in [0.29, 0.717) is 5.75 Å². The quantitative estimate of drug-likeness (QED) is 0.793. The summed E-state index contributed by atoms with van der Waals surface area (Å²) in [5, 5.41) is 10.5. The molecule has 6 nitrogen and oxygen atoms in total. The van der Waals surface area contributed by atoms with Crippen LogP contribution in [0.4, 0.5) is 0 Å². The number of methoxy groups -OCH3 is 1. The zero-order valence-electron chi connectivity index (χ0n) is 14.3. The van der Waals surface area contributed by atoms with Crippen molar-refractivity contribution >= 4 is 0 Å². The number of nitrogens with one attached hydrogen (secondary N) is 2. The highest BCUT2D eigenvalue weighted by atomic mass is 16.7. The van der Waals surface area contributed by atoms with E-state index in [1.807, 2.05) is 18.2 Å². The molecule has 3 N–H and O–H groups in total. The smallest absolute Gasteiger partial charge is 0.231 e. The second-order valence-electron chi connectivity index (χ2n) is 6.30. The van der Waals surface area contributed by atoms with Crippen LogP contribution in [0.5, 0.6) is 23.0 Å². The molecule has 2 aromatic carbocycles. The molecule has 1 fully saturated rings. The normalized spacial score (nSPS) is 21.5. The molecule has 6 heteroatoms. The van der Waals surface area contributed by atoms with Crippen molar-refractivity contribution in [1.82, 2.24) is 10.9 Å². The predicted octanol–water partition coefficient (Wildman–Crippen LogP) is 2.62. The minimum atomic E-state index is -0.0448. The molecular formula is C19H22N2O4. The summed E-state index contributed by atoms with van der Waals surface area (Å²) in [4.78, 5) is 0. The fourth-order valence-electron chi connectivity index (χ4n) is 3.59. The third-order valence-electron chi connectivity index (χ3n) is 4.95. The van der Waals surface area contributed by atoms with Gasteiger partial charge < -0.3 is 19.3 Å². The molecule has 2 unspecified atom stereocenters. The number of hydrogen-bond acceptors (Lipinski definition) is 6. The summed E-state index contributed by atoms with van der Waals surface area (Å²) in [7, 11) is 1.62. The summed E-state index contributed by atoms with van der Waals surface area (Å²) in [5.74, 6) is 2.67. The topological polar surface area (TPSA) is 72.0 Å². The lowest BCUT2D eigenvalue weighted by atomic mass is 9.87. The Morgan fingerprint density at radius 3 is 2.84 bits per heavy atom. The van der Waals surface area contributed by atoms with Crippen LogP contribution in [-0.4, -0.2) is 25.6 Å². The SMILES string of the molecule is CCc1cc(C2NNCC2c2ccc3c(c2)OCO3)c(O)cc1OC. The maximum atomic E-state index is 10.5. The van der Waals surface area contributed by atoms with E-state index < -0.39 is 0 Å². The first-order valence-electron chi connectivity index (χ1n) is 8.49. The van der Waals surface area contributed by atoms with Gasteiger partial charge in [-0.05, 0) is 35.7 Å². The number of aromatic hydroxyl groups is 1. The molecule has 0 radical (unpaired) electrons. The first kappa shape index (κ1) is 16.1. The van der Waals surface area contributed by atoms with Gasteiger partial charge in [0.05, 0.1) is 13.2 Å². The van der Waals surface area contributed by atoms with E-state index in [9.17, 15) is 5.11 Å². The third kappa shape index (κ3) is 2.77. The molecule has 2 aliphatic heterocycles. The van der Waals surface area contributed by atoms with E-state index in [-0.39, 0.29) is 24.5 Å². The highest BCUT2D eigenvalue weighted by molar-refractivity contribution is 5.50. The van der Waals surface area contributed by atoms with Gasteiger partial charge in [0, 0.05) is 24.1 Å².